The van der Waals surface area contributed by atoms with Gasteiger partial charge in [-0.05, 0) is 18.6 Å². The molecule has 17 heavy (non-hydrogen) atoms. The summed E-state index contributed by atoms with van der Waals surface area (Å²) in [7, 11) is 0. The van der Waals surface area contributed by atoms with Crippen LogP contribution in [-0.2, 0) is 4.79 Å². The second-order valence-corrected chi connectivity index (χ2v) is 5.01. The highest BCUT2D eigenvalue weighted by Gasteiger charge is 2.43. The minimum atomic E-state index is -0.985. The van der Waals surface area contributed by atoms with Crippen molar-refractivity contribution < 1.29 is 9.18 Å². The third-order valence-corrected chi connectivity index (χ3v) is 3.22. The maximum atomic E-state index is 12.7. The first kappa shape index (κ1) is 10.7. The van der Waals surface area contributed by atoms with E-state index in [0.717, 1.165) is 9.99 Å². The number of nitrogens with zero attached hydrogens (tertiary/aromatic N) is 2. The molecule has 1 amide bonds. The molecule has 1 saturated carbocycles. The maximum Gasteiger partial charge on any atom is 0.231 e. The molecule has 2 aromatic rings. The van der Waals surface area contributed by atoms with E-state index in [2.05, 4.69) is 26.3 Å². The number of hydrogen-bond acceptors (Lipinski definition) is 2. The van der Waals surface area contributed by atoms with Crippen molar-refractivity contribution in [1.29, 1.82) is 0 Å². The van der Waals surface area contributed by atoms with E-state index in [1.54, 1.807) is 16.8 Å². The van der Waals surface area contributed by atoms with Gasteiger partial charge in [-0.1, -0.05) is 15.9 Å². The molecule has 0 spiro atoms. The van der Waals surface area contributed by atoms with Crippen molar-refractivity contribution in [2.45, 2.75) is 12.6 Å². The first-order chi connectivity index (χ1) is 8.13. The SMILES string of the molecule is O=C(Nc1cc2cc(Br)ccn2n1)[C@@H]1C[C@@H]1F. The summed E-state index contributed by atoms with van der Waals surface area (Å²) in [5.41, 5.74) is 0.863. The third-order valence-electron chi connectivity index (χ3n) is 2.73. The number of aromatic nitrogens is 2. The molecule has 0 radical (unpaired) electrons. The van der Waals surface area contributed by atoms with Crippen LogP contribution in [0.3, 0.4) is 0 Å². The molecule has 1 aliphatic rings. The van der Waals surface area contributed by atoms with E-state index in [1.165, 1.54) is 0 Å². The zero-order chi connectivity index (χ0) is 12.0. The van der Waals surface area contributed by atoms with E-state index < -0.39 is 12.1 Å². The number of amides is 1. The zero-order valence-corrected chi connectivity index (χ0v) is 10.3. The Morgan fingerprint density at radius 3 is 3.06 bits per heavy atom. The van der Waals surface area contributed by atoms with Crippen molar-refractivity contribution in [3.05, 3.63) is 28.9 Å². The number of rotatable bonds is 2. The van der Waals surface area contributed by atoms with Gasteiger partial charge in [-0.3, -0.25) is 4.79 Å². The Labute approximate surface area is 105 Å². The topological polar surface area (TPSA) is 46.4 Å². The summed E-state index contributed by atoms with van der Waals surface area (Å²) < 4.78 is 15.3. The fraction of sp³-hybridized carbons (Fsp3) is 0.273. The van der Waals surface area contributed by atoms with Crippen LogP contribution in [0.15, 0.2) is 28.9 Å². The van der Waals surface area contributed by atoms with Crippen LogP contribution in [0.1, 0.15) is 6.42 Å². The summed E-state index contributed by atoms with van der Waals surface area (Å²) in [5.74, 6) is -0.335. The molecule has 2 aromatic heterocycles. The van der Waals surface area contributed by atoms with Crippen LogP contribution in [0.25, 0.3) is 5.52 Å². The van der Waals surface area contributed by atoms with Crippen molar-refractivity contribution in [2.75, 3.05) is 5.32 Å². The summed E-state index contributed by atoms with van der Waals surface area (Å²) in [6.07, 6.45) is 1.12. The number of carbonyl (C=O) groups excluding carboxylic acids is 1. The van der Waals surface area contributed by atoms with Crippen molar-refractivity contribution in [1.82, 2.24) is 9.61 Å². The fourth-order valence-corrected chi connectivity index (χ4v) is 2.04. The van der Waals surface area contributed by atoms with E-state index in [0.29, 0.717) is 12.2 Å². The molecule has 0 aliphatic heterocycles. The standard InChI is InChI=1S/C11H9BrFN3O/c12-6-1-2-16-7(3-6)4-10(15-16)14-11(17)8-5-9(8)13/h1-4,8-9H,5H2,(H,14,15,17)/t8-,9+/m1/s1. The van der Waals surface area contributed by atoms with Gasteiger partial charge in [0.2, 0.25) is 5.91 Å². The Bertz CT molecular complexity index is 597. The van der Waals surface area contributed by atoms with E-state index in [9.17, 15) is 9.18 Å². The van der Waals surface area contributed by atoms with Gasteiger partial charge in [0.15, 0.2) is 5.82 Å². The van der Waals surface area contributed by atoms with Gasteiger partial charge in [-0.25, -0.2) is 8.91 Å². The van der Waals surface area contributed by atoms with E-state index in [-0.39, 0.29) is 5.91 Å². The number of anilines is 1. The summed E-state index contributed by atoms with van der Waals surface area (Å²) >= 11 is 3.36. The summed E-state index contributed by atoms with van der Waals surface area (Å²) in [4.78, 5) is 11.5. The summed E-state index contributed by atoms with van der Waals surface area (Å²) in [6.45, 7) is 0. The molecule has 1 N–H and O–H groups in total. The van der Waals surface area contributed by atoms with Gasteiger partial charge >= 0.3 is 0 Å². The van der Waals surface area contributed by atoms with Gasteiger partial charge in [0, 0.05) is 16.7 Å². The van der Waals surface area contributed by atoms with Crippen molar-refractivity contribution in [3.63, 3.8) is 0 Å². The van der Waals surface area contributed by atoms with Crippen LogP contribution in [0.2, 0.25) is 0 Å². The Hall–Kier alpha value is -1.43. The van der Waals surface area contributed by atoms with Crippen molar-refractivity contribution in [3.8, 4) is 0 Å². The smallest absolute Gasteiger partial charge is 0.231 e. The molecule has 88 valence electrons. The molecule has 0 unspecified atom stereocenters. The predicted octanol–water partition coefficient (Wildman–Crippen LogP) is 2.39. The van der Waals surface area contributed by atoms with Gasteiger partial charge in [0.05, 0.1) is 11.4 Å². The molecule has 0 bridgehead atoms. The molecule has 0 aromatic carbocycles. The largest absolute Gasteiger partial charge is 0.309 e. The molecule has 3 rings (SSSR count). The molecular formula is C11H9BrFN3O. The highest BCUT2D eigenvalue weighted by molar-refractivity contribution is 9.10. The molecule has 1 aliphatic carbocycles. The molecule has 2 atom stereocenters. The van der Waals surface area contributed by atoms with Gasteiger partial charge < -0.3 is 5.32 Å². The van der Waals surface area contributed by atoms with E-state index in [4.69, 9.17) is 0 Å². The molecule has 4 nitrogen and oxygen atoms in total. The van der Waals surface area contributed by atoms with Gasteiger partial charge in [-0.15, -0.1) is 0 Å². The minimum Gasteiger partial charge on any atom is -0.309 e. The number of alkyl halides is 1. The van der Waals surface area contributed by atoms with Crippen LogP contribution in [0.4, 0.5) is 10.2 Å². The monoisotopic (exact) mass is 297 g/mol. The zero-order valence-electron chi connectivity index (χ0n) is 8.73. The number of hydrogen-bond donors (Lipinski definition) is 1. The summed E-state index contributed by atoms with van der Waals surface area (Å²) in [6, 6.07) is 5.49. The Morgan fingerprint density at radius 1 is 1.59 bits per heavy atom. The molecule has 1 fully saturated rings. The number of carbonyl (C=O) groups is 1. The second-order valence-electron chi connectivity index (χ2n) is 4.09. The quantitative estimate of drug-likeness (QED) is 0.925. The van der Waals surface area contributed by atoms with Gasteiger partial charge in [-0.2, -0.15) is 5.10 Å². The van der Waals surface area contributed by atoms with Crippen LogP contribution >= 0.6 is 15.9 Å². The lowest BCUT2D eigenvalue weighted by Gasteiger charge is -1.97. The number of halogens is 2. The Balaban J connectivity index is 1.83. The Kier molecular flexibility index (Phi) is 2.39. The van der Waals surface area contributed by atoms with Crippen LogP contribution in [0, 0.1) is 5.92 Å². The molecular weight excluding hydrogens is 289 g/mol. The van der Waals surface area contributed by atoms with Crippen molar-refractivity contribution in [2.24, 2.45) is 5.92 Å². The highest BCUT2D eigenvalue weighted by Crippen LogP contribution is 2.34. The molecule has 6 heteroatoms. The van der Waals surface area contributed by atoms with Crippen LogP contribution < -0.4 is 5.32 Å². The van der Waals surface area contributed by atoms with E-state index >= 15 is 0 Å². The molecule has 0 saturated heterocycles. The second kappa shape index (κ2) is 3.80. The first-order valence-electron chi connectivity index (χ1n) is 5.23. The van der Waals surface area contributed by atoms with E-state index in [1.807, 2.05) is 12.1 Å². The normalized spacial score (nSPS) is 22.7. The van der Waals surface area contributed by atoms with Crippen molar-refractivity contribution >= 4 is 33.2 Å². The average molecular weight is 298 g/mol. The predicted molar refractivity (Wildman–Crippen MR) is 64.5 cm³/mol. The maximum absolute atomic E-state index is 12.7. The number of nitrogens with one attached hydrogen (secondary N) is 1. The van der Waals surface area contributed by atoms with Crippen LogP contribution in [0.5, 0.6) is 0 Å². The summed E-state index contributed by atoms with van der Waals surface area (Å²) in [5, 5.41) is 6.79. The highest BCUT2D eigenvalue weighted by atomic mass is 79.9. The molecule has 2 heterocycles. The minimum absolute atomic E-state index is 0.292. The van der Waals surface area contributed by atoms with Gasteiger partial charge in [0.25, 0.3) is 0 Å². The lowest BCUT2D eigenvalue weighted by atomic mass is 10.4. The lowest BCUT2D eigenvalue weighted by molar-refractivity contribution is -0.117. The fourth-order valence-electron chi connectivity index (χ4n) is 1.68. The number of pyridine rings is 1. The Morgan fingerprint density at radius 2 is 2.35 bits per heavy atom. The van der Waals surface area contributed by atoms with Gasteiger partial charge in [0.1, 0.15) is 6.17 Å². The lowest BCUT2D eigenvalue weighted by Crippen LogP contribution is -2.15. The first-order valence-corrected chi connectivity index (χ1v) is 6.02. The van der Waals surface area contributed by atoms with Crippen LogP contribution in [-0.4, -0.2) is 21.7 Å². The number of fused-ring (bicyclic) bond motifs is 1. The average Bonchev–Trinajstić information content (AvgIpc) is 2.87. The third kappa shape index (κ3) is 2.04.